The third kappa shape index (κ3) is 1.69. The standard InChI is InChI=1S/C11H20N2O/c1-2-8(12-5-1)7-13-10-6-9-3-4-11(10)14-9/h8-13H,1-7H2. The fraction of sp³-hybridized carbons (Fsp3) is 1.00. The van der Waals surface area contributed by atoms with Gasteiger partial charge in [0.25, 0.3) is 0 Å². The number of fused-ring (bicyclic) bond motifs is 2. The summed E-state index contributed by atoms with van der Waals surface area (Å²) in [5.41, 5.74) is 0. The number of rotatable bonds is 3. The van der Waals surface area contributed by atoms with E-state index >= 15 is 0 Å². The molecule has 0 saturated carbocycles. The molecule has 3 aliphatic heterocycles. The Morgan fingerprint density at radius 3 is 2.93 bits per heavy atom. The Balaban J connectivity index is 1.44. The molecule has 0 spiro atoms. The molecule has 3 nitrogen and oxygen atoms in total. The van der Waals surface area contributed by atoms with Crippen LogP contribution in [-0.4, -0.2) is 37.4 Å². The van der Waals surface area contributed by atoms with Crippen molar-refractivity contribution in [1.82, 2.24) is 10.6 Å². The van der Waals surface area contributed by atoms with Crippen LogP contribution in [-0.2, 0) is 4.74 Å². The highest BCUT2D eigenvalue weighted by molar-refractivity contribution is 4.94. The highest BCUT2D eigenvalue weighted by Gasteiger charge is 2.40. The van der Waals surface area contributed by atoms with Crippen molar-refractivity contribution in [2.45, 2.75) is 56.4 Å². The summed E-state index contributed by atoms with van der Waals surface area (Å²) in [6.07, 6.45) is 7.62. The van der Waals surface area contributed by atoms with Crippen LogP contribution in [0.4, 0.5) is 0 Å². The first-order valence-electron chi connectivity index (χ1n) is 6.04. The predicted octanol–water partition coefficient (Wildman–Crippen LogP) is 0.648. The van der Waals surface area contributed by atoms with Crippen LogP contribution in [0, 0.1) is 0 Å². The summed E-state index contributed by atoms with van der Waals surface area (Å²) in [5.74, 6) is 0. The van der Waals surface area contributed by atoms with Crippen molar-refractivity contribution in [3.8, 4) is 0 Å². The van der Waals surface area contributed by atoms with E-state index in [0.717, 1.165) is 6.54 Å². The molecule has 4 unspecified atom stereocenters. The number of nitrogens with one attached hydrogen (secondary N) is 2. The van der Waals surface area contributed by atoms with Gasteiger partial charge in [-0.05, 0) is 38.6 Å². The summed E-state index contributed by atoms with van der Waals surface area (Å²) in [6, 6.07) is 1.37. The van der Waals surface area contributed by atoms with Crippen molar-refractivity contribution in [3.05, 3.63) is 0 Å². The van der Waals surface area contributed by atoms with Crippen LogP contribution < -0.4 is 10.6 Å². The topological polar surface area (TPSA) is 33.3 Å². The predicted molar refractivity (Wildman–Crippen MR) is 55.3 cm³/mol. The molecule has 3 saturated heterocycles. The quantitative estimate of drug-likeness (QED) is 0.695. The van der Waals surface area contributed by atoms with E-state index < -0.39 is 0 Å². The molecule has 0 amide bonds. The molecule has 80 valence electrons. The van der Waals surface area contributed by atoms with E-state index in [-0.39, 0.29) is 0 Å². The summed E-state index contributed by atoms with van der Waals surface area (Å²) in [7, 11) is 0. The SMILES string of the molecule is C1CNC(CNC2CC3CCC2O3)C1. The molecular weight excluding hydrogens is 176 g/mol. The molecule has 0 aromatic carbocycles. The van der Waals surface area contributed by atoms with Crippen molar-refractivity contribution in [3.63, 3.8) is 0 Å². The third-order valence-corrected chi connectivity index (χ3v) is 3.89. The summed E-state index contributed by atoms with van der Waals surface area (Å²) in [5, 5.41) is 7.19. The molecule has 3 aliphatic rings. The van der Waals surface area contributed by atoms with Crippen molar-refractivity contribution < 1.29 is 4.74 Å². The molecule has 3 heterocycles. The molecule has 2 N–H and O–H groups in total. The largest absolute Gasteiger partial charge is 0.373 e. The van der Waals surface area contributed by atoms with E-state index in [1.54, 1.807) is 0 Å². The Bertz CT molecular complexity index is 203. The van der Waals surface area contributed by atoms with Gasteiger partial charge in [0.05, 0.1) is 12.2 Å². The van der Waals surface area contributed by atoms with Gasteiger partial charge < -0.3 is 15.4 Å². The Labute approximate surface area is 85.6 Å². The van der Waals surface area contributed by atoms with Crippen molar-refractivity contribution in [2.75, 3.05) is 13.1 Å². The summed E-state index contributed by atoms with van der Waals surface area (Å²) >= 11 is 0. The molecule has 0 radical (unpaired) electrons. The molecule has 0 aliphatic carbocycles. The molecule has 0 aromatic rings. The van der Waals surface area contributed by atoms with Crippen molar-refractivity contribution in [2.24, 2.45) is 0 Å². The van der Waals surface area contributed by atoms with E-state index in [2.05, 4.69) is 10.6 Å². The Kier molecular flexibility index (Phi) is 2.48. The lowest BCUT2D eigenvalue weighted by Crippen LogP contribution is -2.43. The molecular formula is C11H20N2O. The second-order valence-corrected chi connectivity index (χ2v) is 4.92. The van der Waals surface area contributed by atoms with Crippen molar-refractivity contribution in [1.29, 1.82) is 0 Å². The Morgan fingerprint density at radius 2 is 2.29 bits per heavy atom. The first kappa shape index (κ1) is 9.13. The maximum Gasteiger partial charge on any atom is 0.0733 e. The van der Waals surface area contributed by atoms with Gasteiger partial charge in [-0.15, -0.1) is 0 Å². The van der Waals surface area contributed by atoms with Gasteiger partial charge in [0.2, 0.25) is 0 Å². The molecule has 4 atom stereocenters. The maximum atomic E-state index is 5.82. The molecule has 14 heavy (non-hydrogen) atoms. The highest BCUT2D eigenvalue weighted by atomic mass is 16.5. The summed E-state index contributed by atoms with van der Waals surface area (Å²) in [6.45, 7) is 2.34. The van der Waals surface area contributed by atoms with Crippen LogP contribution in [0.15, 0.2) is 0 Å². The van der Waals surface area contributed by atoms with Gasteiger partial charge in [-0.2, -0.15) is 0 Å². The lowest BCUT2D eigenvalue weighted by molar-refractivity contribution is 0.0972. The van der Waals surface area contributed by atoms with E-state index in [1.807, 2.05) is 0 Å². The van der Waals surface area contributed by atoms with Gasteiger partial charge in [-0.25, -0.2) is 0 Å². The minimum Gasteiger partial charge on any atom is -0.373 e. The fourth-order valence-electron chi connectivity index (χ4n) is 3.08. The number of ether oxygens (including phenoxy) is 1. The molecule has 0 aromatic heterocycles. The fourth-order valence-corrected chi connectivity index (χ4v) is 3.08. The average Bonchev–Trinajstić information content (AvgIpc) is 2.91. The molecule has 3 rings (SSSR count). The summed E-state index contributed by atoms with van der Waals surface area (Å²) < 4.78 is 5.82. The van der Waals surface area contributed by atoms with Gasteiger partial charge in [-0.3, -0.25) is 0 Å². The second kappa shape index (κ2) is 3.80. The number of hydrogen-bond donors (Lipinski definition) is 2. The maximum absolute atomic E-state index is 5.82. The van der Waals surface area contributed by atoms with E-state index in [1.165, 1.54) is 38.6 Å². The van der Waals surface area contributed by atoms with E-state index in [9.17, 15) is 0 Å². The molecule has 2 bridgehead atoms. The van der Waals surface area contributed by atoms with Crippen LogP contribution in [0.3, 0.4) is 0 Å². The normalized spacial score (nSPS) is 46.3. The second-order valence-electron chi connectivity index (χ2n) is 4.92. The zero-order chi connectivity index (χ0) is 9.38. The van der Waals surface area contributed by atoms with E-state index in [0.29, 0.717) is 24.3 Å². The highest BCUT2D eigenvalue weighted by Crippen LogP contribution is 2.34. The zero-order valence-electron chi connectivity index (χ0n) is 8.67. The van der Waals surface area contributed by atoms with Gasteiger partial charge >= 0.3 is 0 Å². The van der Waals surface area contributed by atoms with Gasteiger partial charge in [-0.1, -0.05) is 0 Å². The van der Waals surface area contributed by atoms with Crippen LogP contribution >= 0.6 is 0 Å². The first-order valence-corrected chi connectivity index (χ1v) is 6.04. The third-order valence-electron chi connectivity index (χ3n) is 3.89. The van der Waals surface area contributed by atoms with Crippen LogP contribution in [0.25, 0.3) is 0 Å². The average molecular weight is 196 g/mol. The van der Waals surface area contributed by atoms with Gasteiger partial charge in [0.1, 0.15) is 0 Å². The minimum absolute atomic E-state index is 0.529. The first-order chi connectivity index (χ1) is 6.92. The Morgan fingerprint density at radius 1 is 1.29 bits per heavy atom. The summed E-state index contributed by atoms with van der Waals surface area (Å²) in [4.78, 5) is 0. The molecule has 3 heteroatoms. The van der Waals surface area contributed by atoms with Crippen LogP contribution in [0.5, 0.6) is 0 Å². The molecule has 3 fully saturated rings. The van der Waals surface area contributed by atoms with Crippen LogP contribution in [0.1, 0.15) is 32.1 Å². The van der Waals surface area contributed by atoms with Crippen molar-refractivity contribution >= 4 is 0 Å². The zero-order valence-corrected chi connectivity index (χ0v) is 8.67. The van der Waals surface area contributed by atoms with Gasteiger partial charge in [0, 0.05) is 18.6 Å². The van der Waals surface area contributed by atoms with Gasteiger partial charge in [0.15, 0.2) is 0 Å². The Hall–Kier alpha value is -0.120. The lowest BCUT2D eigenvalue weighted by Gasteiger charge is -2.22. The minimum atomic E-state index is 0.529. The monoisotopic (exact) mass is 196 g/mol. The lowest BCUT2D eigenvalue weighted by atomic mass is 9.95. The number of hydrogen-bond acceptors (Lipinski definition) is 3. The van der Waals surface area contributed by atoms with Crippen LogP contribution in [0.2, 0.25) is 0 Å². The van der Waals surface area contributed by atoms with E-state index in [4.69, 9.17) is 4.74 Å². The smallest absolute Gasteiger partial charge is 0.0733 e.